The number of nitrogens with one attached hydrogen (secondary N) is 2. The van der Waals surface area contributed by atoms with Crippen molar-refractivity contribution < 1.29 is 14.0 Å². The second-order valence-corrected chi connectivity index (χ2v) is 9.52. The number of piperidine rings is 1. The molecule has 170 valence electrons. The molecule has 3 heterocycles. The number of hydrogen-bond donors (Lipinski definition) is 2. The molecule has 7 nitrogen and oxygen atoms in total. The number of nitrogens with zero attached hydrogens (tertiary/aromatic N) is 3. The van der Waals surface area contributed by atoms with Crippen LogP contribution in [0.5, 0.6) is 0 Å². The van der Waals surface area contributed by atoms with Crippen LogP contribution in [0.3, 0.4) is 0 Å². The van der Waals surface area contributed by atoms with E-state index in [2.05, 4.69) is 20.2 Å². The van der Waals surface area contributed by atoms with E-state index < -0.39 is 0 Å². The van der Waals surface area contributed by atoms with Crippen LogP contribution in [0.1, 0.15) is 50.2 Å². The maximum atomic E-state index is 13.6. The van der Waals surface area contributed by atoms with Crippen molar-refractivity contribution in [3.05, 3.63) is 59.6 Å². The number of aromatic amines is 1. The van der Waals surface area contributed by atoms with Gasteiger partial charge in [0.2, 0.25) is 5.91 Å². The highest BCUT2D eigenvalue weighted by Gasteiger charge is 2.43. The van der Waals surface area contributed by atoms with Gasteiger partial charge in [0, 0.05) is 37.0 Å². The maximum Gasteiger partial charge on any atom is 0.269 e. The van der Waals surface area contributed by atoms with Crippen LogP contribution in [0.2, 0.25) is 0 Å². The summed E-state index contributed by atoms with van der Waals surface area (Å²) in [5.41, 5.74) is 2.30. The first-order valence-corrected chi connectivity index (χ1v) is 11.7. The van der Waals surface area contributed by atoms with E-state index in [-0.39, 0.29) is 35.1 Å². The number of thioether (sulfide) groups is 1. The van der Waals surface area contributed by atoms with Crippen LogP contribution in [0.15, 0.2) is 42.5 Å². The van der Waals surface area contributed by atoms with Gasteiger partial charge in [-0.25, -0.2) is 9.37 Å². The number of hydrogen-bond acceptors (Lipinski definition) is 5. The third kappa shape index (κ3) is 4.53. The van der Waals surface area contributed by atoms with Gasteiger partial charge in [0.25, 0.3) is 5.91 Å². The summed E-state index contributed by atoms with van der Waals surface area (Å²) in [5, 5.41) is 2.87. The number of halogens is 1. The van der Waals surface area contributed by atoms with Crippen molar-refractivity contribution in [3.63, 3.8) is 0 Å². The number of benzene rings is 1. The van der Waals surface area contributed by atoms with E-state index in [1.807, 2.05) is 18.7 Å². The minimum absolute atomic E-state index is 0.0258. The quantitative estimate of drug-likeness (QED) is 0.718. The Morgan fingerprint density at radius 2 is 1.91 bits per heavy atom. The summed E-state index contributed by atoms with van der Waals surface area (Å²) in [6, 6.07) is 6.32. The lowest BCUT2D eigenvalue weighted by Gasteiger charge is -2.40. The number of likely N-dealkylation sites (tertiary alicyclic amines) is 1. The minimum Gasteiger partial charge on any atom is -0.349 e. The Labute approximate surface area is 191 Å². The lowest BCUT2D eigenvalue weighted by atomic mass is 10.0. The molecule has 2 N–H and O–H groups in total. The number of amides is 2. The lowest BCUT2D eigenvalue weighted by molar-refractivity contribution is -0.130. The molecule has 2 aliphatic rings. The van der Waals surface area contributed by atoms with Crippen LogP contribution in [-0.4, -0.2) is 56.8 Å². The molecule has 9 heteroatoms. The first-order chi connectivity index (χ1) is 15.3. The van der Waals surface area contributed by atoms with Crippen molar-refractivity contribution in [1.29, 1.82) is 0 Å². The molecule has 0 bridgehead atoms. The normalized spacial score (nSPS) is 19.7. The molecular weight excluding hydrogens is 429 g/mol. The Bertz CT molecular complexity index is 998. The van der Waals surface area contributed by atoms with E-state index in [9.17, 15) is 14.0 Å². The highest BCUT2D eigenvalue weighted by molar-refractivity contribution is 8.08. The fourth-order valence-electron chi connectivity index (χ4n) is 4.26. The molecule has 1 aromatic carbocycles. The average Bonchev–Trinajstić information content (AvgIpc) is 3.42. The van der Waals surface area contributed by atoms with Gasteiger partial charge in [-0.2, -0.15) is 0 Å². The van der Waals surface area contributed by atoms with Gasteiger partial charge in [0.1, 0.15) is 16.9 Å². The summed E-state index contributed by atoms with van der Waals surface area (Å²) in [4.78, 5) is 37.5. The first kappa shape index (κ1) is 22.4. The number of carbonyl (C=O) groups is 2. The molecule has 0 radical (unpaired) electrons. The van der Waals surface area contributed by atoms with E-state index in [0.717, 1.165) is 29.0 Å². The third-order valence-electron chi connectivity index (χ3n) is 5.79. The third-order valence-corrected chi connectivity index (χ3v) is 7.15. The van der Waals surface area contributed by atoms with Gasteiger partial charge >= 0.3 is 0 Å². The molecule has 0 aliphatic carbocycles. The number of rotatable bonds is 5. The second-order valence-electron chi connectivity index (χ2n) is 8.43. The molecule has 1 atom stereocenters. The Kier molecular flexibility index (Phi) is 6.55. The summed E-state index contributed by atoms with van der Waals surface area (Å²) in [7, 11) is 0. The summed E-state index contributed by atoms with van der Waals surface area (Å²) >= 11 is 1.57. The zero-order chi connectivity index (χ0) is 22.8. The van der Waals surface area contributed by atoms with Gasteiger partial charge < -0.3 is 20.1 Å². The van der Waals surface area contributed by atoms with E-state index >= 15 is 0 Å². The highest BCUT2D eigenvalue weighted by Crippen LogP contribution is 2.53. The van der Waals surface area contributed by atoms with Crippen LogP contribution in [0.4, 0.5) is 4.39 Å². The lowest BCUT2D eigenvalue weighted by Crippen LogP contribution is -2.48. The summed E-state index contributed by atoms with van der Waals surface area (Å²) in [6.45, 7) is 6.76. The molecular formula is C23H28FN5O2S. The Balaban J connectivity index is 1.77. The fraction of sp³-hybridized carbons (Fsp3) is 0.435. The zero-order valence-electron chi connectivity index (χ0n) is 18.5. The molecule has 32 heavy (non-hydrogen) atoms. The molecule has 2 amide bonds. The highest BCUT2D eigenvalue weighted by atomic mass is 32.2. The topological polar surface area (TPSA) is 81.3 Å². The Hall–Kier alpha value is -2.81. The number of imidazole rings is 1. The van der Waals surface area contributed by atoms with Crippen LogP contribution in [-0.2, 0) is 9.59 Å². The van der Waals surface area contributed by atoms with E-state index in [0.29, 0.717) is 18.8 Å². The summed E-state index contributed by atoms with van der Waals surface area (Å²) in [6.07, 6.45) is 4.94. The predicted molar refractivity (Wildman–Crippen MR) is 123 cm³/mol. The molecule has 1 unspecified atom stereocenters. The van der Waals surface area contributed by atoms with Crippen molar-refractivity contribution >= 4 is 28.5 Å². The molecule has 0 saturated carbocycles. The molecule has 2 aromatic rings. The van der Waals surface area contributed by atoms with Gasteiger partial charge in [0.15, 0.2) is 0 Å². The summed E-state index contributed by atoms with van der Waals surface area (Å²) < 4.78 is 13.6. The molecule has 1 saturated heterocycles. The zero-order valence-corrected chi connectivity index (χ0v) is 19.3. The van der Waals surface area contributed by atoms with Gasteiger partial charge in [-0.05, 0) is 44.4 Å². The summed E-state index contributed by atoms with van der Waals surface area (Å²) in [5.74, 6) is -0.392. The van der Waals surface area contributed by atoms with Gasteiger partial charge in [0.05, 0.1) is 18.2 Å². The fourth-order valence-corrected chi connectivity index (χ4v) is 5.72. The number of aromatic nitrogens is 2. The van der Waals surface area contributed by atoms with Crippen LogP contribution >= 0.6 is 11.8 Å². The molecule has 1 fully saturated rings. The standard InChI is InChI=1S/C23H28FN5O2S/c1-14(2)27-22(31)20-21(16-4-6-17(24)7-5-16)32-23(19-12-25-13-26-19)29(20)18-8-10-28(11-9-18)15(3)30/h4-7,12-14,18,23H,8-11H2,1-3H3,(H,25,26)(H,27,31). The van der Waals surface area contributed by atoms with E-state index in [4.69, 9.17) is 0 Å². The number of carbonyl (C=O) groups excluding carboxylic acids is 2. The first-order valence-electron chi connectivity index (χ1n) is 10.8. The van der Waals surface area contributed by atoms with Crippen LogP contribution in [0.25, 0.3) is 4.91 Å². The minimum atomic E-state index is -0.316. The largest absolute Gasteiger partial charge is 0.349 e. The maximum absolute atomic E-state index is 13.6. The van der Waals surface area contributed by atoms with Crippen molar-refractivity contribution in [1.82, 2.24) is 25.1 Å². The van der Waals surface area contributed by atoms with Crippen LogP contribution < -0.4 is 5.32 Å². The van der Waals surface area contributed by atoms with Gasteiger partial charge in [-0.3, -0.25) is 9.59 Å². The van der Waals surface area contributed by atoms with Gasteiger partial charge in [-0.1, -0.05) is 23.9 Å². The Morgan fingerprint density at radius 1 is 1.22 bits per heavy atom. The predicted octanol–water partition coefficient (Wildman–Crippen LogP) is 3.50. The van der Waals surface area contributed by atoms with Gasteiger partial charge in [-0.15, -0.1) is 0 Å². The molecule has 1 aromatic heterocycles. The van der Waals surface area contributed by atoms with Crippen molar-refractivity contribution in [2.45, 2.75) is 51.1 Å². The van der Waals surface area contributed by atoms with Crippen LogP contribution in [0, 0.1) is 5.82 Å². The number of H-pyrrole nitrogens is 1. The van der Waals surface area contributed by atoms with E-state index in [1.54, 1.807) is 43.3 Å². The smallest absolute Gasteiger partial charge is 0.269 e. The average molecular weight is 458 g/mol. The molecule has 0 spiro atoms. The Morgan fingerprint density at radius 3 is 2.47 bits per heavy atom. The van der Waals surface area contributed by atoms with Crippen molar-refractivity contribution in [2.24, 2.45) is 0 Å². The molecule has 4 rings (SSSR count). The monoisotopic (exact) mass is 457 g/mol. The van der Waals surface area contributed by atoms with Crippen molar-refractivity contribution in [2.75, 3.05) is 13.1 Å². The second kappa shape index (κ2) is 9.36. The SMILES string of the molecule is CC(=O)N1CCC(N2C(C(=O)NC(C)C)=C(c3ccc(F)cc3)SC2c2cnc[nH]2)CC1. The van der Waals surface area contributed by atoms with E-state index in [1.165, 1.54) is 12.1 Å². The van der Waals surface area contributed by atoms with Crippen molar-refractivity contribution in [3.8, 4) is 0 Å². The molecule has 2 aliphatic heterocycles.